The van der Waals surface area contributed by atoms with Crippen LogP contribution in [-0.4, -0.2) is 140 Å². The summed E-state index contributed by atoms with van der Waals surface area (Å²) in [5.41, 5.74) is 0. The van der Waals surface area contributed by atoms with Crippen molar-refractivity contribution in [1.29, 1.82) is 0 Å². The van der Waals surface area contributed by atoms with Gasteiger partial charge in [-0.1, -0.05) is 116 Å². The second-order valence-corrected chi connectivity index (χ2v) is 15.5. The van der Waals surface area contributed by atoms with Crippen molar-refractivity contribution in [3.8, 4) is 0 Å². The Morgan fingerprint density at radius 1 is 0.636 bits per heavy atom. The van der Waals surface area contributed by atoms with Crippen LogP contribution in [-0.2, 0) is 23.7 Å². The van der Waals surface area contributed by atoms with Crippen LogP contribution in [0.15, 0.2) is 12.2 Å². The summed E-state index contributed by atoms with van der Waals surface area (Å²) in [4.78, 5) is 12.9. The molecule has 0 spiro atoms. The zero-order valence-electron chi connectivity index (χ0n) is 33.7. The molecule has 12 unspecified atom stereocenters. The highest BCUT2D eigenvalue weighted by atomic mass is 16.7. The quantitative estimate of drug-likeness (QED) is 0.0364. The first-order valence-electron chi connectivity index (χ1n) is 21.4. The minimum atomic E-state index is -1.78. The van der Waals surface area contributed by atoms with Gasteiger partial charge in [0.05, 0.1) is 32.0 Å². The van der Waals surface area contributed by atoms with Crippen molar-refractivity contribution in [3.63, 3.8) is 0 Å². The van der Waals surface area contributed by atoms with Crippen molar-refractivity contribution in [2.75, 3.05) is 19.8 Å². The highest BCUT2D eigenvalue weighted by molar-refractivity contribution is 5.76. The van der Waals surface area contributed by atoms with Gasteiger partial charge in [-0.2, -0.15) is 0 Å². The second kappa shape index (κ2) is 29.9. The molecular formula is C41H77NO13. The molecule has 55 heavy (non-hydrogen) atoms. The fourth-order valence-electron chi connectivity index (χ4n) is 7.11. The van der Waals surface area contributed by atoms with Crippen LogP contribution in [0, 0.1) is 0 Å². The van der Waals surface area contributed by atoms with E-state index in [4.69, 9.17) is 18.9 Å². The van der Waals surface area contributed by atoms with Crippen LogP contribution in [0.4, 0.5) is 0 Å². The molecule has 1 amide bonds. The summed E-state index contributed by atoms with van der Waals surface area (Å²) in [5, 5.41) is 85.7. The third-order valence-corrected chi connectivity index (χ3v) is 10.7. The second-order valence-electron chi connectivity index (χ2n) is 15.5. The number of ether oxygens (including phenoxy) is 4. The third kappa shape index (κ3) is 18.9. The number of hydrogen-bond donors (Lipinski definition) is 9. The van der Waals surface area contributed by atoms with Gasteiger partial charge < -0.3 is 65.1 Å². The molecule has 2 rings (SSSR count). The van der Waals surface area contributed by atoms with Crippen LogP contribution < -0.4 is 5.32 Å². The summed E-state index contributed by atoms with van der Waals surface area (Å²) >= 11 is 0. The Morgan fingerprint density at radius 2 is 1.15 bits per heavy atom. The molecule has 0 aromatic heterocycles. The lowest BCUT2D eigenvalue weighted by Gasteiger charge is -2.46. The summed E-state index contributed by atoms with van der Waals surface area (Å²) in [6, 6.07) is -0.822. The fraction of sp³-hybridized carbons (Fsp3) is 0.927. The maximum absolute atomic E-state index is 12.9. The monoisotopic (exact) mass is 792 g/mol. The van der Waals surface area contributed by atoms with E-state index in [0.29, 0.717) is 12.8 Å². The predicted octanol–water partition coefficient (Wildman–Crippen LogP) is 3.26. The van der Waals surface area contributed by atoms with Crippen LogP contribution in [0.25, 0.3) is 0 Å². The van der Waals surface area contributed by atoms with E-state index in [1.54, 1.807) is 0 Å². The molecule has 0 aromatic carbocycles. The SMILES string of the molecule is CCCCCCCCC/C=C\CCCCCCCCCC(=O)NC(COC1OC(CO)C(OC2OC(CO)C(O)C(O)C2O)C(O)C1O)C(O)CCCCC. The van der Waals surface area contributed by atoms with E-state index >= 15 is 0 Å². The largest absolute Gasteiger partial charge is 0.394 e. The number of hydrogen-bond acceptors (Lipinski definition) is 13. The molecule has 14 nitrogen and oxygen atoms in total. The number of unbranched alkanes of at least 4 members (excludes halogenated alkanes) is 16. The maximum Gasteiger partial charge on any atom is 0.220 e. The average molecular weight is 792 g/mol. The van der Waals surface area contributed by atoms with E-state index in [9.17, 15) is 45.6 Å². The lowest BCUT2D eigenvalue weighted by atomic mass is 9.97. The van der Waals surface area contributed by atoms with Gasteiger partial charge in [-0.15, -0.1) is 0 Å². The number of aliphatic hydroxyl groups is 8. The first-order valence-corrected chi connectivity index (χ1v) is 21.4. The molecule has 9 N–H and O–H groups in total. The first kappa shape index (κ1) is 49.9. The van der Waals surface area contributed by atoms with Crippen LogP contribution >= 0.6 is 0 Å². The lowest BCUT2D eigenvalue weighted by molar-refractivity contribution is -0.359. The Kier molecular flexibility index (Phi) is 27.1. The molecule has 2 aliphatic heterocycles. The average Bonchev–Trinajstić information content (AvgIpc) is 3.18. The molecule has 2 fully saturated rings. The minimum Gasteiger partial charge on any atom is -0.394 e. The number of carbonyl (C=O) groups is 1. The molecular weight excluding hydrogens is 714 g/mol. The van der Waals surface area contributed by atoms with Crippen LogP contribution in [0.1, 0.15) is 149 Å². The fourth-order valence-corrected chi connectivity index (χ4v) is 7.11. The zero-order valence-corrected chi connectivity index (χ0v) is 33.7. The van der Waals surface area contributed by atoms with Gasteiger partial charge >= 0.3 is 0 Å². The molecule has 2 heterocycles. The van der Waals surface area contributed by atoms with Gasteiger partial charge in [-0.3, -0.25) is 4.79 Å². The Labute approximate surface area is 329 Å². The van der Waals surface area contributed by atoms with E-state index < -0.39 is 86.8 Å². The molecule has 0 bridgehead atoms. The van der Waals surface area contributed by atoms with Gasteiger partial charge in [-0.25, -0.2) is 0 Å². The third-order valence-electron chi connectivity index (χ3n) is 10.7. The smallest absolute Gasteiger partial charge is 0.220 e. The predicted molar refractivity (Wildman–Crippen MR) is 208 cm³/mol. The normalized spacial score (nSPS) is 29.8. The van der Waals surface area contributed by atoms with E-state index in [0.717, 1.165) is 51.4 Å². The van der Waals surface area contributed by atoms with Crippen molar-refractivity contribution in [2.45, 2.75) is 222 Å². The lowest BCUT2D eigenvalue weighted by Crippen LogP contribution is -2.65. The molecule has 2 saturated heterocycles. The molecule has 12 atom stereocenters. The van der Waals surface area contributed by atoms with Gasteiger partial charge in [0.25, 0.3) is 0 Å². The Bertz CT molecular complexity index is 988. The molecule has 0 aromatic rings. The summed E-state index contributed by atoms with van der Waals surface area (Å²) in [6.45, 7) is 2.64. The van der Waals surface area contributed by atoms with Gasteiger partial charge in [0.2, 0.25) is 5.91 Å². The van der Waals surface area contributed by atoms with Gasteiger partial charge in [0.1, 0.15) is 48.8 Å². The number of rotatable bonds is 31. The van der Waals surface area contributed by atoms with Crippen molar-refractivity contribution in [3.05, 3.63) is 12.2 Å². The molecule has 14 heteroatoms. The summed E-state index contributed by atoms with van der Waals surface area (Å²) in [5.74, 6) is -0.224. The van der Waals surface area contributed by atoms with Gasteiger partial charge in [0, 0.05) is 6.42 Å². The summed E-state index contributed by atoms with van der Waals surface area (Å²) in [7, 11) is 0. The van der Waals surface area contributed by atoms with Crippen LogP contribution in [0.2, 0.25) is 0 Å². The molecule has 324 valence electrons. The van der Waals surface area contributed by atoms with Gasteiger partial charge in [0.15, 0.2) is 12.6 Å². The molecule has 0 saturated carbocycles. The summed E-state index contributed by atoms with van der Waals surface area (Å²) < 4.78 is 22.5. The highest BCUT2D eigenvalue weighted by Crippen LogP contribution is 2.30. The van der Waals surface area contributed by atoms with E-state index in [1.165, 1.54) is 70.6 Å². The van der Waals surface area contributed by atoms with Crippen LogP contribution in [0.3, 0.4) is 0 Å². The number of nitrogens with one attached hydrogen (secondary N) is 1. The van der Waals surface area contributed by atoms with Crippen molar-refractivity contribution < 1.29 is 64.6 Å². The van der Waals surface area contributed by atoms with Crippen molar-refractivity contribution in [1.82, 2.24) is 5.32 Å². The standard InChI is InChI=1S/C41H77NO13/c1-3-5-7-8-9-10-11-12-13-14-15-16-17-18-19-20-21-23-25-33(46)42-29(30(45)24-22-6-4-2)28-52-40-38(51)36(49)39(32(27-44)54-40)55-41-37(50)35(48)34(47)31(26-43)53-41/h13-14,29-32,34-41,43-45,47-51H,3-12,15-28H2,1-2H3,(H,42,46)/b14-13-. The minimum absolute atomic E-state index is 0.224. The number of aliphatic hydroxyl groups excluding tert-OH is 8. The Morgan fingerprint density at radius 3 is 1.73 bits per heavy atom. The van der Waals surface area contributed by atoms with E-state index in [2.05, 4.69) is 24.4 Å². The Balaban J connectivity index is 1.74. The number of amides is 1. The Hall–Kier alpha value is -1.27. The van der Waals surface area contributed by atoms with E-state index in [1.807, 2.05) is 6.92 Å². The summed E-state index contributed by atoms with van der Waals surface area (Å²) in [6.07, 6.45) is 10.5. The van der Waals surface area contributed by atoms with Crippen molar-refractivity contribution in [2.24, 2.45) is 0 Å². The first-order chi connectivity index (χ1) is 26.6. The van der Waals surface area contributed by atoms with Gasteiger partial charge in [-0.05, 0) is 38.5 Å². The zero-order chi connectivity index (χ0) is 40.4. The maximum atomic E-state index is 12.9. The molecule has 0 radical (unpaired) electrons. The van der Waals surface area contributed by atoms with E-state index in [-0.39, 0.29) is 12.5 Å². The van der Waals surface area contributed by atoms with Crippen molar-refractivity contribution >= 4 is 5.91 Å². The number of carbonyl (C=O) groups excluding carboxylic acids is 1. The van der Waals surface area contributed by atoms with Crippen LogP contribution in [0.5, 0.6) is 0 Å². The molecule has 0 aliphatic carbocycles. The molecule has 2 aliphatic rings. The topological polar surface area (TPSA) is 228 Å². The highest BCUT2D eigenvalue weighted by Gasteiger charge is 2.50. The number of allylic oxidation sites excluding steroid dienone is 2.